The SMILES string of the molecule is CN[C@@H](C)C(=O)N[C@H](C(=O)N1CCN(C(=O)CNC(=O)c2ccc(C(=O)NCC(=O)N3CCN(/C(=C4\CO4)[C@@H](NC(=O)[C@H](C)NC)C(C)(C)C)[C@H](C(=O)N[C@@H]4CCCc5ccccc54)C3)cc2)C[C@H]1C(=O)N[C@@H]1CCCc2ccccc21)C(C)(C)C. The molecule has 3 aliphatic heterocycles. The second-order valence-corrected chi connectivity index (χ2v) is 25.4. The van der Waals surface area contributed by atoms with Crippen LogP contribution in [0.25, 0.3) is 0 Å². The second-order valence-electron chi connectivity index (χ2n) is 25.4. The van der Waals surface area contributed by atoms with Gasteiger partial charge in [-0.15, -0.1) is 0 Å². The number of fused-ring (bicyclic) bond motifs is 2. The fourth-order valence-electron chi connectivity index (χ4n) is 11.9. The number of epoxide rings is 1. The molecule has 3 heterocycles. The molecule has 8 atom stereocenters. The standard InChI is InChI=1S/C64H88N12O10/c1-38(65-9)56(79)71-54(63(3,4)5)53(50-37-86-50)75-31-29-73(35-48(75)60(83)69-46-23-15-19-40-17-11-13-21-44(40)46)51(77)33-67-58(81)42-25-27-43(28-26-42)59(82)68-34-52(78)74-30-32-76(62(85)55(64(6,7)8)72-57(80)39(2)66-10)49(36-74)61(84)70-47-24-16-20-41-18-12-14-22-45(41)47/h11-14,17-18,21-22,25-28,38-39,46-49,54-55,65-66H,15-16,19-20,23-24,29-37H2,1-10H3,(H,67,81)(H,68,82)(H,69,83)(H,70,84)(H,71,79)(H,72,80)/b53-50+/t38-,39-,46+,47+,48-,49-,54+,55+/m0/s1. The average Bonchev–Trinajstić information content (AvgIpc) is 1.84. The van der Waals surface area contributed by atoms with Gasteiger partial charge in [-0.2, -0.15) is 0 Å². The third-order valence-electron chi connectivity index (χ3n) is 17.3. The van der Waals surface area contributed by atoms with Gasteiger partial charge in [0.2, 0.25) is 41.4 Å². The molecule has 22 nitrogen and oxygen atoms in total. The lowest BCUT2D eigenvalue weighted by molar-refractivity contribution is -0.152. The first-order chi connectivity index (χ1) is 40.9. The summed E-state index contributed by atoms with van der Waals surface area (Å²) in [4.78, 5) is 132. The molecular weight excluding hydrogens is 1100 g/mol. The van der Waals surface area contributed by atoms with E-state index < -0.39 is 89.1 Å². The molecule has 464 valence electrons. The maximum absolute atomic E-state index is 14.8. The zero-order valence-electron chi connectivity index (χ0n) is 51.5. The lowest BCUT2D eigenvalue weighted by atomic mass is 9.83. The van der Waals surface area contributed by atoms with Crippen molar-refractivity contribution in [2.75, 3.05) is 73.1 Å². The van der Waals surface area contributed by atoms with Gasteiger partial charge in [0, 0.05) is 37.3 Å². The highest BCUT2D eigenvalue weighted by Gasteiger charge is 2.47. The van der Waals surface area contributed by atoms with E-state index in [0.29, 0.717) is 24.5 Å². The molecule has 86 heavy (non-hydrogen) atoms. The molecule has 2 aliphatic carbocycles. The maximum Gasteiger partial charge on any atom is 0.251 e. The molecule has 5 aliphatic rings. The van der Waals surface area contributed by atoms with Crippen LogP contribution in [-0.2, 0) is 51.1 Å². The molecule has 9 amide bonds. The van der Waals surface area contributed by atoms with Crippen LogP contribution >= 0.6 is 0 Å². The number of rotatable bonds is 19. The molecule has 0 radical (unpaired) electrons. The summed E-state index contributed by atoms with van der Waals surface area (Å²) >= 11 is 0. The Hall–Kier alpha value is -7.85. The van der Waals surface area contributed by atoms with Crippen molar-refractivity contribution in [1.29, 1.82) is 0 Å². The summed E-state index contributed by atoms with van der Waals surface area (Å²) in [5, 5.41) is 23.9. The van der Waals surface area contributed by atoms with E-state index >= 15 is 0 Å². The normalized spacial score (nSPS) is 21.3. The lowest BCUT2D eigenvalue weighted by Crippen LogP contribution is -2.66. The van der Waals surface area contributed by atoms with Crippen LogP contribution in [0.1, 0.15) is 136 Å². The van der Waals surface area contributed by atoms with Gasteiger partial charge in [-0.25, -0.2) is 0 Å². The Morgan fingerprint density at radius 1 is 0.558 bits per heavy atom. The van der Waals surface area contributed by atoms with E-state index in [-0.39, 0.29) is 86.7 Å². The molecule has 0 unspecified atom stereocenters. The summed E-state index contributed by atoms with van der Waals surface area (Å²) in [6.45, 7) is 14.9. The summed E-state index contributed by atoms with van der Waals surface area (Å²) in [5.41, 5.74) is 4.14. The summed E-state index contributed by atoms with van der Waals surface area (Å²) in [6, 6.07) is 16.6. The molecule has 3 saturated heterocycles. The molecule has 3 aromatic carbocycles. The van der Waals surface area contributed by atoms with Crippen LogP contribution in [0.4, 0.5) is 0 Å². The highest BCUT2D eigenvalue weighted by molar-refractivity contribution is 6.00. The predicted octanol–water partition coefficient (Wildman–Crippen LogP) is 2.61. The number of aryl methyl sites for hydroxylation is 2. The fourth-order valence-corrected chi connectivity index (χ4v) is 11.9. The number of amides is 9. The van der Waals surface area contributed by atoms with Gasteiger partial charge in [0.15, 0.2) is 5.76 Å². The van der Waals surface area contributed by atoms with Crippen molar-refractivity contribution in [2.45, 2.75) is 142 Å². The molecule has 22 heteroatoms. The quantitative estimate of drug-likeness (QED) is 0.0804. The van der Waals surface area contributed by atoms with Gasteiger partial charge in [0.1, 0.15) is 24.7 Å². The maximum atomic E-state index is 14.8. The minimum absolute atomic E-state index is 0.00624. The Morgan fingerprint density at radius 3 is 1.38 bits per heavy atom. The number of piperazine rings is 2. The van der Waals surface area contributed by atoms with Gasteiger partial charge in [0.05, 0.1) is 62.1 Å². The first kappa shape index (κ1) is 64.2. The van der Waals surface area contributed by atoms with E-state index in [0.717, 1.165) is 48.8 Å². The molecule has 0 saturated carbocycles. The summed E-state index contributed by atoms with van der Waals surface area (Å²) in [6.07, 6.45) is 4.99. The van der Waals surface area contributed by atoms with E-state index in [9.17, 15) is 43.2 Å². The Kier molecular flexibility index (Phi) is 20.6. The summed E-state index contributed by atoms with van der Waals surface area (Å²) < 4.78 is 5.85. The Balaban J connectivity index is 0.898. The van der Waals surface area contributed by atoms with Crippen molar-refractivity contribution in [2.24, 2.45) is 10.8 Å². The molecule has 0 spiro atoms. The number of nitrogens with one attached hydrogen (secondary N) is 8. The molecule has 3 fully saturated rings. The fraction of sp³-hybridized carbons (Fsp3) is 0.547. The van der Waals surface area contributed by atoms with Crippen molar-refractivity contribution in [1.82, 2.24) is 62.1 Å². The van der Waals surface area contributed by atoms with E-state index in [1.54, 1.807) is 32.8 Å². The van der Waals surface area contributed by atoms with E-state index in [4.69, 9.17) is 4.74 Å². The number of likely N-dealkylation sites (N-methyl/N-ethyl adjacent to an activating group) is 2. The van der Waals surface area contributed by atoms with Gasteiger partial charge < -0.3 is 66.9 Å². The van der Waals surface area contributed by atoms with Gasteiger partial charge >= 0.3 is 0 Å². The minimum Gasteiger partial charge on any atom is -0.484 e. The number of ether oxygens (including phenoxy) is 1. The summed E-state index contributed by atoms with van der Waals surface area (Å²) in [7, 11) is 3.36. The molecule has 8 N–H and O–H groups in total. The van der Waals surface area contributed by atoms with Crippen LogP contribution in [0.3, 0.4) is 0 Å². The van der Waals surface area contributed by atoms with Gasteiger partial charge in [0.25, 0.3) is 11.8 Å². The van der Waals surface area contributed by atoms with Crippen molar-refractivity contribution < 1.29 is 47.9 Å². The smallest absolute Gasteiger partial charge is 0.251 e. The number of hydrogen-bond donors (Lipinski definition) is 8. The second kappa shape index (κ2) is 27.7. The number of nitrogens with zero attached hydrogens (tertiary/aromatic N) is 4. The first-order valence-corrected chi connectivity index (χ1v) is 30.2. The Labute approximate surface area is 505 Å². The zero-order valence-corrected chi connectivity index (χ0v) is 51.5. The number of carbonyl (C=O) groups is 9. The molecular formula is C64H88N12O10. The molecule has 0 bridgehead atoms. The van der Waals surface area contributed by atoms with Crippen molar-refractivity contribution >= 4 is 53.2 Å². The van der Waals surface area contributed by atoms with Gasteiger partial charge in [-0.05, 0) is 124 Å². The number of hydrogen-bond acceptors (Lipinski definition) is 13. The van der Waals surface area contributed by atoms with E-state index in [1.807, 2.05) is 88.9 Å². The lowest BCUT2D eigenvalue weighted by Gasteiger charge is -2.46. The van der Waals surface area contributed by atoms with E-state index in [1.165, 1.54) is 39.6 Å². The zero-order chi connectivity index (χ0) is 62.2. The van der Waals surface area contributed by atoms with Gasteiger partial charge in [-0.1, -0.05) is 90.1 Å². The van der Waals surface area contributed by atoms with Crippen LogP contribution in [-0.4, -0.2) is 182 Å². The largest absolute Gasteiger partial charge is 0.484 e. The van der Waals surface area contributed by atoms with Crippen LogP contribution in [0.15, 0.2) is 84.3 Å². The van der Waals surface area contributed by atoms with Crippen LogP contribution in [0, 0.1) is 10.8 Å². The molecule has 8 rings (SSSR count). The molecule has 3 aromatic rings. The van der Waals surface area contributed by atoms with Crippen molar-refractivity contribution in [3.63, 3.8) is 0 Å². The third-order valence-corrected chi connectivity index (χ3v) is 17.3. The van der Waals surface area contributed by atoms with E-state index in [2.05, 4.69) is 48.6 Å². The highest BCUT2D eigenvalue weighted by atomic mass is 16.6. The Bertz CT molecular complexity index is 3060. The van der Waals surface area contributed by atoms with Crippen molar-refractivity contribution in [3.8, 4) is 0 Å². The molecule has 0 aromatic heterocycles. The summed E-state index contributed by atoms with van der Waals surface area (Å²) in [5.74, 6) is -3.15. The van der Waals surface area contributed by atoms with Gasteiger partial charge in [-0.3, -0.25) is 43.2 Å². The van der Waals surface area contributed by atoms with Crippen LogP contribution in [0.2, 0.25) is 0 Å². The topological polar surface area (TPSA) is 275 Å². The first-order valence-electron chi connectivity index (χ1n) is 30.2. The minimum atomic E-state index is -1.11. The number of carbonyl (C=O) groups excluding carboxylic acids is 9. The van der Waals surface area contributed by atoms with Crippen LogP contribution in [0.5, 0.6) is 0 Å². The number of benzene rings is 3. The third kappa shape index (κ3) is 15.4. The Morgan fingerprint density at radius 2 is 0.965 bits per heavy atom. The average molecular weight is 1190 g/mol. The highest BCUT2D eigenvalue weighted by Crippen LogP contribution is 2.37. The van der Waals surface area contributed by atoms with Crippen molar-refractivity contribution in [3.05, 3.63) is 118 Å². The van der Waals surface area contributed by atoms with Crippen LogP contribution < -0.4 is 42.5 Å². The predicted molar refractivity (Wildman–Crippen MR) is 324 cm³/mol. The monoisotopic (exact) mass is 1180 g/mol.